The van der Waals surface area contributed by atoms with E-state index in [0.717, 1.165) is 0 Å². The zero-order valence-electron chi connectivity index (χ0n) is 32.4. The van der Waals surface area contributed by atoms with E-state index < -0.39 is 100 Å². The minimum absolute atomic E-state index is 0.00243. The molecule has 1 aromatic rings. The second-order valence-corrected chi connectivity index (χ2v) is 14.5. The smallest absolute Gasteiger partial charge is 0.312 e. The largest absolute Gasteiger partial charge is 0.507 e. The summed E-state index contributed by atoms with van der Waals surface area (Å²) < 4.78 is 23.3. The molecule has 3 aliphatic heterocycles. The summed E-state index contributed by atoms with van der Waals surface area (Å²) in [5, 5.41) is 39.5. The van der Waals surface area contributed by atoms with Gasteiger partial charge in [-0.05, 0) is 26.3 Å². The minimum atomic E-state index is -2.06. The normalized spacial score (nSPS) is 30.8. The molecule has 4 aliphatic rings. The third-order valence-electron chi connectivity index (χ3n) is 10.5. The first-order chi connectivity index (χ1) is 25.3. The first kappa shape index (κ1) is 42.0. The van der Waals surface area contributed by atoms with Gasteiger partial charge in [0.05, 0.1) is 41.3 Å². The lowest BCUT2D eigenvalue weighted by molar-refractivity contribution is -0.160. The van der Waals surface area contributed by atoms with Gasteiger partial charge in [-0.25, -0.2) is 0 Å². The zero-order chi connectivity index (χ0) is 40.4. The topological polar surface area (TPSA) is 207 Å². The Balaban J connectivity index is 1.90. The number of nitrogens with one attached hydrogen (secondary N) is 2. The predicted molar refractivity (Wildman–Crippen MR) is 196 cm³/mol. The highest BCUT2D eigenvalue weighted by atomic mass is 16.7. The molecular formula is C40H52N2O12. The van der Waals surface area contributed by atoms with Crippen molar-refractivity contribution in [2.75, 3.05) is 13.7 Å². The van der Waals surface area contributed by atoms with Gasteiger partial charge in [-0.2, -0.15) is 0 Å². The Kier molecular flexibility index (Phi) is 13.0. The van der Waals surface area contributed by atoms with Gasteiger partial charge in [-0.1, -0.05) is 52.8 Å². The molecule has 5 N–H and O–H groups in total. The quantitative estimate of drug-likeness (QED) is 0.271. The Bertz CT molecular complexity index is 1830. The maximum absolute atomic E-state index is 14.3. The molecular weight excluding hydrogens is 700 g/mol. The van der Waals surface area contributed by atoms with Crippen LogP contribution in [0, 0.1) is 30.6 Å². The number of amides is 1. The number of allylic oxidation sites excluding steroid dienone is 4. The molecule has 5 bridgehead atoms. The molecule has 3 heterocycles. The van der Waals surface area contributed by atoms with Crippen molar-refractivity contribution < 1.29 is 58.2 Å². The van der Waals surface area contributed by atoms with Gasteiger partial charge in [0, 0.05) is 62.3 Å². The van der Waals surface area contributed by atoms with Crippen molar-refractivity contribution in [3.63, 3.8) is 0 Å². The van der Waals surface area contributed by atoms with Crippen LogP contribution in [0.3, 0.4) is 0 Å². The second kappa shape index (κ2) is 16.7. The van der Waals surface area contributed by atoms with Crippen molar-refractivity contribution in [3.8, 4) is 11.5 Å². The molecule has 5 rings (SSSR count). The molecule has 0 spiro atoms. The maximum Gasteiger partial charge on any atom is 0.312 e. The Morgan fingerprint density at radius 3 is 2.24 bits per heavy atom. The zero-order valence-corrected chi connectivity index (χ0v) is 32.4. The number of esters is 1. The van der Waals surface area contributed by atoms with E-state index in [1.165, 1.54) is 53.2 Å². The lowest BCUT2D eigenvalue weighted by atomic mass is 9.78. The molecule has 14 nitrogen and oxygen atoms in total. The molecule has 0 saturated carbocycles. The number of aromatic hydroxyl groups is 1. The van der Waals surface area contributed by atoms with E-state index in [1.807, 2.05) is 6.92 Å². The summed E-state index contributed by atoms with van der Waals surface area (Å²) in [6, 6.07) is 0. The number of ether oxygens (including phenoxy) is 4. The van der Waals surface area contributed by atoms with Gasteiger partial charge in [0.15, 0.2) is 0 Å². The summed E-state index contributed by atoms with van der Waals surface area (Å²) in [5.41, 5.74) is -1.61. The van der Waals surface area contributed by atoms with Crippen LogP contribution in [-0.4, -0.2) is 88.4 Å². The number of methoxy groups -OCH3 is 1. The number of phenolic OH excluding ortho intramolecular Hbond substituents is 1. The molecule has 0 saturated heterocycles. The number of aliphatic hydroxyl groups excluding tert-OH is 2. The molecule has 294 valence electrons. The number of carbonyl (C=O) groups excluding carboxylic acids is 5. The highest BCUT2D eigenvalue weighted by Gasteiger charge is 2.52. The average Bonchev–Trinajstić information content (AvgIpc) is 3.39. The van der Waals surface area contributed by atoms with E-state index in [1.54, 1.807) is 39.8 Å². The summed E-state index contributed by atoms with van der Waals surface area (Å²) in [6.07, 6.45) is 3.97. The summed E-state index contributed by atoms with van der Waals surface area (Å²) >= 11 is 0. The number of Topliss-reactive ketones (excluding diaryl/α,β-unsaturated/α-hetero) is 3. The number of fused-ring (bicyclic) bond motifs is 14. The fraction of sp³-hybridized carbons (Fsp3) is 0.525. The lowest BCUT2D eigenvalue weighted by Crippen LogP contribution is -2.46. The Morgan fingerprint density at radius 1 is 0.963 bits per heavy atom. The van der Waals surface area contributed by atoms with E-state index in [-0.39, 0.29) is 40.3 Å². The van der Waals surface area contributed by atoms with Crippen LogP contribution in [0.15, 0.2) is 47.5 Å². The molecule has 14 heteroatoms. The Hall–Kier alpha value is -4.79. The van der Waals surface area contributed by atoms with Gasteiger partial charge in [-0.15, -0.1) is 0 Å². The van der Waals surface area contributed by atoms with E-state index in [2.05, 4.69) is 10.6 Å². The van der Waals surface area contributed by atoms with Gasteiger partial charge < -0.3 is 44.9 Å². The summed E-state index contributed by atoms with van der Waals surface area (Å²) in [6.45, 7) is 14.4. The molecule has 0 aromatic heterocycles. The van der Waals surface area contributed by atoms with Crippen LogP contribution in [0.25, 0.3) is 0 Å². The van der Waals surface area contributed by atoms with Crippen LogP contribution in [0.4, 0.5) is 0 Å². The fourth-order valence-corrected chi connectivity index (χ4v) is 7.11. The molecule has 1 aliphatic carbocycles. The molecule has 0 fully saturated rings. The highest BCUT2D eigenvalue weighted by molar-refractivity contribution is 6.32. The number of rotatable bonds is 5. The fourth-order valence-electron chi connectivity index (χ4n) is 7.11. The average molecular weight is 753 g/mol. The maximum atomic E-state index is 14.3. The van der Waals surface area contributed by atoms with Crippen molar-refractivity contribution in [1.82, 2.24) is 10.6 Å². The van der Waals surface area contributed by atoms with E-state index in [9.17, 15) is 39.3 Å². The number of benzene rings is 1. The number of aliphatic hydroxyl groups is 2. The monoisotopic (exact) mass is 752 g/mol. The van der Waals surface area contributed by atoms with Crippen molar-refractivity contribution in [2.45, 2.75) is 98.9 Å². The van der Waals surface area contributed by atoms with Crippen LogP contribution in [-0.2, 0) is 23.8 Å². The number of hydrogen-bond acceptors (Lipinski definition) is 13. The first-order valence-electron chi connectivity index (χ1n) is 18.1. The summed E-state index contributed by atoms with van der Waals surface area (Å²) in [7, 11) is 1.42. The molecule has 54 heavy (non-hydrogen) atoms. The van der Waals surface area contributed by atoms with Gasteiger partial charge in [0.25, 0.3) is 11.7 Å². The number of ketones is 3. The molecule has 9 atom stereocenters. The minimum Gasteiger partial charge on any atom is -0.507 e. The summed E-state index contributed by atoms with van der Waals surface area (Å²) in [4.78, 5) is 68.3. The third kappa shape index (κ3) is 7.87. The van der Waals surface area contributed by atoms with Gasteiger partial charge in [-0.3, -0.25) is 24.0 Å². The van der Waals surface area contributed by atoms with Crippen LogP contribution in [0.2, 0.25) is 0 Å². The van der Waals surface area contributed by atoms with Gasteiger partial charge >= 0.3 is 11.8 Å². The van der Waals surface area contributed by atoms with Crippen molar-refractivity contribution in [3.05, 3.63) is 69.8 Å². The number of hydrogen-bond donors (Lipinski definition) is 5. The van der Waals surface area contributed by atoms with Crippen molar-refractivity contribution in [2.24, 2.45) is 23.7 Å². The highest BCUT2D eigenvalue weighted by Crippen LogP contribution is 2.48. The summed E-state index contributed by atoms with van der Waals surface area (Å²) in [5.74, 6) is -9.11. The number of carbonyl (C=O) groups is 5. The van der Waals surface area contributed by atoms with Crippen molar-refractivity contribution in [1.29, 1.82) is 0 Å². The van der Waals surface area contributed by atoms with Crippen molar-refractivity contribution >= 4 is 29.2 Å². The Morgan fingerprint density at radius 2 is 1.63 bits per heavy atom. The third-order valence-corrected chi connectivity index (χ3v) is 10.5. The van der Waals surface area contributed by atoms with Crippen LogP contribution in [0.1, 0.15) is 98.4 Å². The molecule has 1 aromatic carbocycles. The van der Waals surface area contributed by atoms with Crippen LogP contribution < -0.4 is 15.4 Å². The predicted octanol–water partition coefficient (Wildman–Crippen LogP) is 3.96. The van der Waals surface area contributed by atoms with Gasteiger partial charge in [0.1, 0.15) is 29.0 Å². The van der Waals surface area contributed by atoms with Crippen LogP contribution >= 0.6 is 0 Å². The molecule has 0 unspecified atom stereocenters. The lowest BCUT2D eigenvalue weighted by Gasteiger charge is -2.38. The molecule has 1 amide bonds. The van der Waals surface area contributed by atoms with E-state index in [4.69, 9.17) is 18.9 Å². The standard InChI is InChI=1S/C40H52N2O12/c1-11-16-41-29-30-35(48)27-26(34(29)47)28-37(23(7)33(27)46)54-40(9,38(28)49)52-17-15-25(51-10)20(4)36(53-24(8)43)22(6)32(45)21(5)31(44)18(2)13-12-14-19(3)39(50)42-30/h12-15,17-18,20-22,25,31-32,36,41,44-46H,11,16H2,1-10H3,(H,42,50)/t18-,20+,21+,22-,25-,31-,32-,36+,40-/m0/s1. The van der Waals surface area contributed by atoms with E-state index in [0.29, 0.717) is 6.42 Å². The SMILES string of the molecule is CCCNC1=C2NC(=O)C(C)=CC=C[C@H](C)[C@H](O)[C@@H](C)[C@H](O)[C@H](C)[C@H](OC(C)=O)[C@H](C)[C@@H](OC)C=CO[C@@]3(C)Oc4c(C)c(O)c(c(c4C3=O)C1=O)C2=O. The van der Waals surface area contributed by atoms with E-state index >= 15 is 0 Å². The second-order valence-electron chi connectivity index (χ2n) is 14.5. The van der Waals surface area contributed by atoms with Gasteiger partial charge in [0.2, 0.25) is 11.6 Å². The Labute approximate surface area is 315 Å². The number of phenols is 1. The molecule has 0 radical (unpaired) electrons. The first-order valence-corrected chi connectivity index (χ1v) is 18.1. The van der Waals surface area contributed by atoms with Crippen LogP contribution in [0.5, 0.6) is 11.5 Å².